The Kier molecular flexibility index (Phi) is 5.96. The summed E-state index contributed by atoms with van der Waals surface area (Å²) in [6, 6.07) is 12.7. The van der Waals surface area contributed by atoms with E-state index in [1.54, 1.807) is 18.2 Å². The minimum absolute atomic E-state index is 0.00102. The number of rotatable bonds is 5. The third kappa shape index (κ3) is 4.89. The summed E-state index contributed by atoms with van der Waals surface area (Å²) in [4.78, 5) is 24.4. The second kappa shape index (κ2) is 8.58. The van der Waals surface area contributed by atoms with Crippen LogP contribution in [0.5, 0.6) is 0 Å². The largest absolute Gasteiger partial charge is 0.351 e. The van der Waals surface area contributed by atoms with Crippen molar-refractivity contribution in [2.45, 2.75) is 31.8 Å². The molecule has 1 heterocycles. The molecule has 0 saturated carbocycles. The first-order chi connectivity index (χ1) is 12.6. The second-order valence-electron chi connectivity index (χ2n) is 6.39. The molecule has 0 bridgehead atoms. The van der Waals surface area contributed by atoms with E-state index in [2.05, 4.69) is 16.0 Å². The molecule has 3 rings (SSSR count). The average molecular weight is 355 g/mol. The van der Waals surface area contributed by atoms with Gasteiger partial charge in [0.1, 0.15) is 5.82 Å². The number of hydrogen-bond acceptors (Lipinski definition) is 3. The molecule has 136 valence electrons. The fraction of sp³-hybridized carbons (Fsp3) is 0.300. The summed E-state index contributed by atoms with van der Waals surface area (Å²) in [7, 11) is 0. The summed E-state index contributed by atoms with van der Waals surface area (Å²) in [5.41, 5.74) is 1.74. The van der Waals surface area contributed by atoms with Gasteiger partial charge in [0.25, 0.3) is 5.91 Å². The molecule has 2 aromatic carbocycles. The van der Waals surface area contributed by atoms with Crippen LogP contribution in [0.15, 0.2) is 48.5 Å². The molecular weight excluding hydrogens is 333 g/mol. The van der Waals surface area contributed by atoms with E-state index < -0.39 is 5.82 Å². The summed E-state index contributed by atoms with van der Waals surface area (Å²) >= 11 is 0. The van der Waals surface area contributed by atoms with Crippen LogP contribution in [0, 0.1) is 5.82 Å². The normalized spacial score (nSPS) is 16.7. The third-order valence-electron chi connectivity index (χ3n) is 4.37. The molecule has 1 unspecified atom stereocenters. The summed E-state index contributed by atoms with van der Waals surface area (Å²) in [6.45, 7) is 1.26. The highest BCUT2D eigenvalue weighted by molar-refractivity contribution is 6.04. The zero-order valence-corrected chi connectivity index (χ0v) is 14.4. The van der Waals surface area contributed by atoms with Crippen molar-refractivity contribution in [1.82, 2.24) is 10.6 Å². The van der Waals surface area contributed by atoms with Crippen LogP contribution in [-0.2, 0) is 11.3 Å². The lowest BCUT2D eigenvalue weighted by atomic mass is 10.0. The Morgan fingerprint density at radius 1 is 1.12 bits per heavy atom. The second-order valence-corrected chi connectivity index (χ2v) is 6.39. The van der Waals surface area contributed by atoms with Crippen molar-refractivity contribution in [3.8, 4) is 0 Å². The van der Waals surface area contributed by atoms with Gasteiger partial charge in [0, 0.05) is 17.8 Å². The summed E-state index contributed by atoms with van der Waals surface area (Å²) in [5, 5.41) is 8.89. The number of piperidine rings is 1. The molecular formula is C20H22FN3O2. The Balaban J connectivity index is 1.57. The number of halogens is 1. The Morgan fingerprint density at radius 3 is 2.73 bits per heavy atom. The van der Waals surface area contributed by atoms with E-state index in [-0.39, 0.29) is 23.4 Å². The molecule has 0 aromatic heterocycles. The fourth-order valence-corrected chi connectivity index (χ4v) is 2.98. The molecule has 6 heteroatoms. The predicted octanol–water partition coefficient (Wildman–Crippen LogP) is 2.84. The molecule has 1 aliphatic heterocycles. The maximum absolute atomic E-state index is 13.2. The molecule has 1 aliphatic rings. The SMILES string of the molecule is O=C(Nc1cccc(CNC(=O)C2CCCCN2)c1)c1cccc(F)c1. The number of anilines is 1. The van der Waals surface area contributed by atoms with E-state index in [0.29, 0.717) is 12.2 Å². The number of hydrogen-bond donors (Lipinski definition) is 3. The highest BCUT2D eigenvalue weighted by Crippen LogP contribution is 2.13. The Bertz CT molecular complexity index is 788. The number of nitrogens with one attached hydrogen (secondary N) is 3. The van der Waals surface area contributed by atoms with Crippen molar-refractivity contribution in [2.75, 3.05) is 11.9 Å². The van der Waals surface area contributed by atoms with Gasteiger partial charge in [-0.3, -0.25) is 9.59 Å². The molecule has 0 radical (unpaired) electrons. The van der Waals surface area contributed by atoms with E-state index in [9.17, 15) is 14.0 Å². The van der Waals surface area contributed by atoms with Gasteiger partial charge in [0.15, 0.2) is 0 Å². The van der Waals surface area contributed by atoms with Gasteiger partial charge < -0.3 is 16.0 Å². The maximum Gasteiger partial charge on any atom is 0.255 e. The van der Waals surface area contributed by atoms with Crippen LogP contribution in [0.25, 0.3) is 0 Å². The number of amides is 2. The van der Waals surface area contributed by atoms with Crippen LogP contribution in [0.1, 0.15) is 35.2 Å². The van der Waals surface area contributed by atoms with E-state index in [1.165, 1.54) is 18.2 Å². The highest BCUT2D eigenvalue weighted by atomic mass is 19.1. The van der Waals surface area contributed by atoms with Crippen molar-refractivity contribution in [2.24, 2.45) is 0 Å². The third-order valence-corrected chi connectivity index (χ3v) is 4.37. The van der Waals surface area contributed by atoms with Gasteiger partial charge >= 0.3 is 0 Å². The zero-order chi connectivity index (χ0) is 18.4. The quantitative estimate of drug-likeness (QED) is 0.772. The summed E-state index contributed by atoms with van der Waals surface area (Å²) in [5.74, 6) is -0.832. The lowest BCUT2D eigenvalue weighted by molar-refractivity contribution is -0.123. The molecule has 1 atom stereocenters. The van der Waals surface area contributed by atoms with Crippen LogP contribution < -0.4 is 16.0 Å². The van der Waals surface area contributed by atoms with Gasteiger partial charge in [-0.15, -0.1) is 0 Å². The average Bonchev–Trinajstić information content (AvgIpc) is 2.67. The first-order valence-electron chi connectivity index (χ1n) is 8.79. The summed E-state index contributed by atoms with van der Waals surface area (Å²) in [6.07, 6.45) is 3.03. The van der Waals surface area contributed by atoms with E-state index in [4.69, 9.17) is 0 Å². The highest BCUT2D eigenvalue weighted by Gasteiger charge is 2.19. The molecule has 26 heavy (non-hydrogen) atoms. The van der Waals surface area contributed by atoms with Crippen molar-refractivity contribution < 1.29 is 14.0 Å². The van der Waals surface area contributed by atoms with Gasteiger partial charge in [0.05, 0.1) is 6.04 Å². The zero-order valence-electron chi connectivity index (χ0n) is 14.4. The van der Waals surface area contributed by atoms with Gasteiger partial charge in [-0.25, -0.2) is 4.39 Å². The predicted molar refractivity (Wildman–Crippen MR) is 98.3 cm³/mol. The monoisotopic (exact) mass is 355 g/mol. The standard InChI is InChI=1S/C20H22FN3O2/c21-16-7-4-6-15(12-16)19(25)24-17-8-3-5-14(11-17)13-23-20(26)18-9-1-2-10-22-18/h3-8,11-12,18,22H,1-2,9-10,13H2,(H,23,26)(H,24,25). The topological polar surface area (TPSA) is 70.2 Å². The van der Waals surface area contributed by atoms with Crippen molar-refractivity contribution in [1.29, 1.82) is 0 Å². The van der Waals surface area contributed by atoms with Crippen LogP contribution in [0.4, 0.5) is 10.1 Å². The van der Waals surface area contributed by atoms with Crippen LogP contribution in [0.2, 0.25) is 0 Å². The molecule has 2 amide bonds. The first-order valence-corrected chi connectivity index (χ1v) is 8.79. The molecule has 0 spiro atoms. The first kappa shape index (κ1) is 18.1. The maximum atomic E-state index is 13.2. The van der Waals surface area contributed by atoms with Gasteiger partial charge in [0.2, 0.25) is 5.91 Å². The van der Waals surface area contributed by atoms with Gasteiger partial charge in [-0.05, 0) is 55.3 Å². The van der Waals surface area contributed by atoms with Gasteiger partial charge in [-0.2, -0.15) is 0 Å². The molecule has 5 nitrogen and oxygen atoms in total. The minimum Gasteiger partial charge on any atom is -0.351 e. The molecule has 2 aromatic rings. The number of carbonyl (C=O) groups excluding carboxylic acids is 2. The lowest BCUT2D eigenvalue weighted by Gasteiger charge is -2.22. The van der Waals surface area contributed by atoms with Crippen LogP contribution >= 0.6 is 0 Å². The van der Waals surface area contributed by atoms with Crippen molar-refractivity contribution in [3.05, 3.63) is 65.5 Å². The summed E-state index contributed by atoms with van der Waals surface area (Å²) < 4.78 is 13.2. The molecule has 0 aliphatic carbocycles. The Labute approximate surface area is 152 Å². The Hall–Kier alpha value is -2.73. The van der Waals surface area contributed by atoms with Crippen molar-refractivity contribution in [3.63, 3.8) is 0 Å². The smallest absolute Gasteiger partial charge is 0.255 e. The number of benzene rings is 2. The molecule has 1 saturated heterocycles. The van der Waals surface area contributed by atoms with Crippen molar-refractivity contribution >= 4 is 17.5 Å². The van der Waals surface area contributed by atoms with E-state index in [0.717, 1.165) is 31.4 Å². The molecule has 3 N–H and O–H groups in total. The van der Waals surface area contributed by atoms with E-state index >= 15 is 0 Å². The lowest BCUT2D eigenvalue weighted by Crippen LogP contribution is -2.46. The molecule has 1 fully saturated rings. The van der Waals surface area contributed by atoms with Crippen LogP contribution in [0.3, 0.4) is 0 Å². The minimum atomic E-state index is -0.453. The fourth-order valence-electron chi connectivity index (χ4n) is 2.98. The van der Waals surface area contributed by atoms with Crippen LogP contribution in [-0.4, -0.2) is 24.4 Å². The Morgan fingerprint density at radius 2 is 1.96 bits per heavy atom. The van der Waals surface area contributed by atoms with E-state index in [1.807, 2.05) is 12.1 Å². The van der Waals surface area contributed by atoms with Gasteiger partial charge in [-0.1, -0.05) is 24.6 Å². The number of carbonyl (C=O) groups is 2.